The van der Waals surface area contributed by atoms with E-state index in [0.29, 0.717) is 0 Å². The van der Waals surface area contributed by atoms with Gasteiger partial charge in [-0.05, 0) is 30.2 Å². The average Bonchev–Trinajstić information content (AvgIpc) is 2.96. The van der Waals surface area contributed by atoms with E-state index in [9.17, 15) is 4.79 Å². The van der Waals surface area contributed by atoms with Crippen LogP contribution in [0.15, 0.2) is 33.7 Å². The zero-order valence-corrected chi connectivity index (χ0v) is 16.0. The smallest absolute Gasteiger partial charge is 0.254 e. The van der Waals surface area contributed by atoms with Gasteiger partial charge in [0.15, 0.2) is 0 Å². The molecule has 4 rings (SSSR count). The molecule has 2 aromatic heterocycles. The molecule has 0 spiro atoms. The second kappa shape index (κ2) is 6.42. The molecule has 130 valence electrons. The Kier molecular flexibility index (Phi) is 4.25. The highest BCUT2D eigenvalue weighted by molar-refractivity contribution is 9.10. The molecule has 0 radical (unpaired) electrons. The molecule has 1 aromatic carbocycles. The summed E-state index contributed by atoms with van der Waals surface area (Å²) in [7, 11) is 0. The summed E-state index contributed by atoms with van der Waals surface area (Å²) in [6.07, 6.45) is 2.83. The minimum absolute atomic E-state index is 0.0318. The highest BCUT2D eigenvalue weighted by Gasteiger charge is 2.22. The first-order chi connectivity index (χ1) is 12.0. The predicted molar refractivity (Wildman–Crippen MR) is 103 cm³/mol. The Bertz CT molecular complexity index is 989. The first kappa shape index (κ1) is 16.5. The number of fused-ring (bicyclic) bond motifs is 2. The first-order valence-corrected chi connectivity index (χ1v) is 9.40. The standard InChI is InChI=1S/C19H21BrN4O/c1-11(2)18-22-17-10-24(6-5-14(17)19(25)23-18)9-12-8-21-16-4-3-13(20)7-15(12)16/h3-4,7-8,11,21H,5-6,9-10H2,1-2H3,(H,22,23,25). The molecule has 0 atom stereocenters. The predicted octanol–water partition coefficient (Wildman–Crippen LogP) is 3.70. The van der Waals surface area contributed by atoms with E-state index in [-0.39, 0.29) is 11.5 Å². The summed E-state index contributed by atoms with van der Waals surface area (Å²) in [5.74, 6) is 1.00. The molecule has 0 saturated carbocycles. The van der Waals surface area contributed by atoms with E-state index in [2.05, 4.69) is 63.0 Å². The monoisotopic (exact) mass is 400 g/mol. The Morgan fingerprint density at radius 2 is 2.20 bits per heavy atom. The third-order valence-electron chi connectivity index (χ3n) is 4.84. The zero-order chi connectivity index (χ0) is 17.6. The van der Waals surface area contributed by atoms with Gasteiger partial charge in [0.25, 0.3) is 5.56 Å². The van der Waals surface area contributed by atoms with Crippen LogP contribution in [0.1, 0.15) is 42.4 Å². The van der Waals surface area contributed by atoms with Gasteiger partial charge >= 0.3 is 0 Å². The van der Waals surface area contributed by atoms with Crippen molar-refractivity contribution in [1.82, 2.24) is 19.9 Å². The maximum atomic E-state index is 12.3. The van der Waals surface area contributed by atoms with Crippen molar-refractivity contribution in [2.24, 2.45) is 0 Å². The Labute approximate surface area is 154 Å². The van der Waals surface area contributed by atoms with Gasteiger partial charge in [0, 0.05) is 52.7 Å². The van der Waals surface area contributed by atoms with Crippen molar-refractivity contribution in [3.63, 3.8) is 0 Å². The minimum Gasteiger partial charge on any atom is -0.361 e. The number of aromatic amines is 2. The van der Waals surface area contributed by atoms with Gasteiger partial charge in [-0.25, -0.2) is 4.98 Å². The zero-order valence-electron chi connectivity index (χ0n) is 14.4. The molecular weight excluding hydrogens is 380 g/mol. The largest absolute Gasteiger partial charge is 0.361 e. The second-order valence-corrected chi connectivity index (χ2v) is 7.91. The van der Waals surface area contributed by atoms with Crippen molar-refractivity contribution in [1.29, 1.82) is 0 Å². The van der Waals surface area contributed by atoms with Crippen molar-refractivity contribution in [2.75, 3.05) is 6.54 Å². The van der Waals surface area contributed by atoms with E-state index in [1.54, 1.807) is 0 Å². The number of nitrogens with one attached hydrogen (secondary N) is 2. The van der Waals surface area contributed by atoms with Crippen molar-refractivity contribution >= 4 is 26.8 Å². The lowest BCUT2D eigenvalue weighted by Crippen LogP contribution is -2.35. The van der Waals surface area contributed by atoms with E-state index >= 15 is 0 Å². The summed E-state index contributed by atoms with van der Waals surface area (Å²) < 4.78 is 1.08. The number of aromatic nitrogens is 3. The number of benzene rings is 1. The summed E-state index contributed by atoms with van der Waals surface area (Å²) in [6, 6.07) is 6.28. The van der Waals surface area contributed by atoms with Gasteiger partial charge in [0.05, 0.1) is 5.69 Å². The molecular formula is C19H21BrN4O. The summed E-state index contributed by atoms with van der Waals surface area (Å²) in [4.78, 5) is 25.7. The molecule has 0 fully saturated rings. The summed E-state index contributed by atoms with van der Waals surface area (Å²) in [5.41, 5.74) is 4.23. The van der Waals surface area contributed by atoms with Crippen molar-refractivity contribution in [3.8, 4) is 0 Å². The van der Waals surface area contributed by atoms with E-state index in [0.717, 1.165) is 53.1 Å². The van der Waals surface area contributed by atoms with Gasteiger partial charge < -0.3 is 9.97 Å². The van der Waals surface area contributed by atoms with Crippen LogP contribution in [-0.2, 0) is 19.5 Å². The van der Waals surface area contributed by atoms with E-state index < -0.39 is 0 Å². The summed E-state index contributed by atoms with van der Waals surface area (Å²) in [6.45, 7) is 6.55. The summed E-state index contributed by atoms with van der Waals surface area (Å²) >= 11 is 3.55. The molecule has 6 heteroatoms. The topological polar surface area (TPSA) is 64.8 Å². The fraction of sp³-hybridized carbons (Fsp3) is 0.368. The quantitative estimate of drug-likeness (QED) is 0.704. The van der Waals surface area contributed by atoms with Crippen LogP contribution < -0.4 is 5.56 Å². The van der Waals surface area contributed by atoms with E-state index in [1.165, 1.54) is 10.9 Å². The normalized spacial score (nSPS) is 15.0. The van der Waals surface area contributed by atoms with Crippen LogP contribution in [0.25, 0.3) is 10.9 Å². The Morgan fingerprint density at radius 3 is 3.00 bits per heavy atom. The van der Waals surface area contributed by atoms with Crippen molar-refractivity contribution in [2.45, 2.75) is 39.3 Å². The second-order valence-electron chi connectivity index (χ2n) is 7.00. The van der Waals surface area contributed by atoms with Crippen LogP contribution >= 0.6 is 15.9 Å². The van der Waals surface area contributed by atoms with Gasteiger partial charge in [-0.2, -0.15) is 0 Å². The van der Waals surface area contributed by atoms with E-state index in [4.69, 9.17) is 4.98 Å². The SMILES string of the molecule is CC(C)c1nc2c(c(=O)[nH]1)CCN(Cc1c[nH]c3ccc(Br)cc13)C2. The van der Waals surface area contributed by atoms with Gasteiger partial charge in [0.2, 0.25) is 0 Å². The van der Waals surface area contributed by atoms with Crippen LogP contribution in [-0.4, -0.2) is 26.4 Å². The first-order valence-electron chi connectivity index (χ1n) is 8.61. The minimum atomic E-state index is 0.0318. The molecule has 0 amide bonds. The number of hydrogen-bond donors (Lipinski definition) is 2. The van der Waals surface area contributed by atoms with Gasteiger partial charge in [-0.1, -0.05) is 29.8 Å². The van der Waals surface area contributed by atoms with Crippen LogP contribution in [0.3, 0.4) is 0 Å². The lowest BCUT2D eigenvalue weighted by Gasteiger charge is -2.27. The average molecular weight is 401 g/mol. The number of rotatable bonds is 3. The fourth-order valence-corrected chi connectivity index (χ4v) is 3.80. The molecule has 0 bridgehead atoms. The lowest BCUT2D eigenvalue weighted by atomic mass is 10.0. The molecule has 2 N–H and O–H groups in total. The highest BCUT2D eigenvalue weighted by Crippen LogP contribution is 2.25. The Balaban J connectivity index is 1.62. The molecule has 3 aromatic rings. The van der Waals surface area contributed by atoms with Gasteiger partial charge in [-0.15, -0.1) is 0 Å². The highest BCUT2D eigenvalue weighted by atomic mass is 79.9. The molecule has 0 saturated heterocycles. The maximum Gasteiger partial charge on any atom is 0.254 e. The number of nitrogens with zero attached hydrogens (tertiary/aromatic N) is 2. The Morgan fingerprint density at radius 1 is 1.36 bits per heavy atom. The molecule has 1 aliphatic heterocycles. The molecule has 25 heavy (non-hydrogen) atoms. The number of halogens is 1. The van der Waals surface area contributed by atoms with Crippen LogP contribution in [0.2, 0.25) is 0 Å². The maximum absolute atomic E-state index is 12.3. The molecule has 5 nitrogen and oxygen atoms in total. The summed E-state index contributed by atoms with van der Waals surface area (Å²) in [5, 5.41) is 1.24. The number of H-pyrrole nitrogens is 2. The van der Waals surface area contributed by atoms with Gasteiger partial charge in [0.1, 0.15) is 5.82 Å². The Hall–Kier alpha value is -1.92. The van der Waals surface area contributed by atoms with Crippen LogP contribution in [0.4, 0.5) is 0 Å². The third kappa shape index (κ3) is 3.16. The van der Waals surface area contributed by atoms with Crippen molar-refractivity contribution < 1.29 is 0 Å². The van der Waals surface area contributed by atoms with Gasteiger partial charge in [-0.3, -0.25) is 9.69 Å². The van der Waals surface area contributed by atoms with Crippen molar-refractivity contribution in [3.05, 3.63) is 61.9 Å². The molecule has 3 heterocycles. The fourth-order valence-electron chi connectivity index (χ4n) is 3.44. The third-order valence-corrected chi connectivity index (χ3v) is 5.33. The van der Waals surface area contributed by atoms with E-state index in [1.807, 2.05) is 6.07 Å². The van der Waals surface area contributed by atoms with Crippen LogP contribution in [0, 0.1) is 0 Å². The van der Waals surface area contributed by atoms with Crippen LogP contribution in [0.5, 0.6) is 0 Å². The lowest BCUT2D eigenvalue weighted by molar-refractivity contribution is 0.240. The molecule has 0 unspecified atom stereocenters. The number of hydrogen-bond acceptors (Lipinski definition) is 3. The molecule has 1 aliphatic rings. The molecule has 0 aliphatic carbocycles.